The van der Waals surface area contributed by atoms with Crippen LogP contribution in [0, 0.1) is 16.0 Å². The van der Waals surface area contributed by atoms with Crippen molar-refractivity contribution in [3.63, 3.8) is 0 Å². The number of nitrogens with zero attached hydrogens (tertiary/aromatic N) is 2. The number of amides is 2. The average Bonchev–Trinajstić information content (AvgIpc) is 3.18. The van der Waals surface area contributed by atoms with Gasteiger partial charge in [-0.05, 0) is 30.3 Å². The van der Waals surface area contributed by atoms with Gasteiger partial charge in [-0.3, -0.25) is 39.7 Å². The highest BCUT2D eigenvalue weighted by Crippen LogP contribution is 2.22. The number of carbonyl (C=O) groups is 4. The van der Waals surface area contributed by atoms with E-state index in [2.05, 4.69) is 5.43 Å². The zero-order valence-corrected chi connectivity index (χ0v) is 19.1. The van der Waals surface area contributed by atoms with Crippen LogP contribution in [0.15, 0.2) is 48.5 Å². The molecule has 1 heterocycles. The summed E-state index contributed by atoms with van der Waals surface area (Å²) >= 11 is 11.6. The van der Waals surface area contributed by atoms with Crippen LogP contribution in [-0.4, -0.2) is 52.0 Å². The predicted molar refractivity (Wildman–Crippen MR) is 121 cm³/mol. The molecule has 3 rings (SSSR count). The highest BCUT2D eigenvalue weighted by atomic mass is 35.5. The molecule has 2 aromatic rings. The molecule has 0 aromatic heterocycles. The molecule has 0 aliphatic carbocycles. The molecule has 1 saturated heterocycles. The second-order valence-electron chi connectivity index (χ2n) is 7.39. The third kappa shape index (κ3) is 5.89. The van der Waals surface area contributed by atoms with Crippen LogP contribution >= 0.6 is 23.2 Å². The molecule has 2 aromatic carbocycles. The summed E-state index contributed by atoms with van der Waals surface area (Å²) in [7, 11) is 0. The maximum atomic E-state index is 12.7. The van der Waals surface area contributed by atoms with Gasteiger partial charge in [0.05, 0.1) is 17.4 Å². The number of para-hydroxylation sites is 1. The minimum absolute atomic E-state index is 0.0545. The molecule has 0 spiro atoms. The summed E-state index contributed by atoms with van der Waals surface area (Å²) in [4.78, 5) is 60.7. The highest BCUT2D eigenvalue weighted by molar-refractivity contribution is 6.30. The van der Waals surface area contributed by atoms with Crippen molar-refractivity contribution in [2.24, 2.45) is 5.92 Å². The number of carbonyl (C=O) groups excluding carboxylic acids is 4. The Bertz CT molecular complexity index is 1120. The molecule has 12 heteroatoms. The van der Waals surface area contributed by atoms with Crippen LogP contribution in [-0.2, 0) is 14.3 Å². The van der Waals surface area contributed by atoms with Crippen molar-refractivity contribution in [2.45, 2.75) is 18.9 Å². The maximum Gasteiger partial charge on any atom is 0.312 e. The predicted octanol–water partition coefficient (Wildman–Crippen LogP) is 3.17. The van der Waals surface area contributed by atoms with Crippen molar-refractivity contribution < 1.29 is 28.8 Å². The van der Waals surface area contributed by atoms with Gasteiger partial charge in [-0.2, -0.15) is 0 Å². The molecule has 1 aliphatic rings. The Morgan fingerprint density at radius 1 is 1.18 bits per heavy atom. The van der Waals surface area contributed by atoms with Crippen LogP contribution in [0.3, 0.4) is 0 Å². The van der Waals surface area contributed by atoms with Crippen LogP contribution in [0.25, 0.3) is 0 Å². The fourth-order valence-electron chi connectivity index (χ4n) is 3.36. The number of ether oxygens (including phenoxy) is 1. The van der Waals surface area contributed by atoms with Gasteiger partial charge in [0.1, 0.15) is 5.56 Å². The Kier molecular flexibility index (Phi) is 8.19. The molecule has 1 N–H and O–H groups in total. The lowest BCUT2D eigenvalue weighted by Gasteiger charge is -2.19. The van der Waals surface area contributed by atoms with Gasteiger partial charge in [0, 0.05) is 35.4 Å². The second kappa shape index (κ2) is 11.1. The lowest BCUT2D eigenvalue weighted by atomic mass is 10.0. The fourth-order valence-corrected chi connectivity index (χ4v) is 3.68. The van der Waals surface area contributed by atoms with Gasteiger partial charge in [0.15, 0.2) is 6.10 Å². The van der Waals surface area contributed by atoms with Crippen LogP contribution in [0.5, 0.6) is 0 Å². The quantitative estimate of drug-likeness (QED) is 0.181. The standard InChI is InChI=1S/C22H19Cl2N3O7/c23-10-9-18(20(29)13-5-7-15(24)8-6-13)34-22(31)14-11-19(28)26(12-14)25-21(30)16-3-1-2-4-17(16)27(32)33/h1-8,14,18H,9-12H2,(H,25,30)/t14-,18+/m1/s1. The van der Waals surface area contributed by atoms with E-state index in [1.807, 2.05) is 0 Å². The summed E-state index contributed by atoms with van der Waals surface area (Å²) in [6.07, 6.45) is -1.36. The molecule has 178 valence electrons. The molecule has 0 radical (unpaired) electrons. The van der Waals surface area contributed by atoms with Gasteiger partial charge in [-0.1, -0.05) is 23.7 Å². The van der Waals surface area contributed by atoms with Crippen molar-refractivity contribution in [2.75, 3.05) is 12.4 Å². The van der Waals surface area contributed by atoms with Crippen LogP contribution in [0.2, 0.25) is 5.02 Å². The van der Waals surface area contributed by atoms with Crippen molar-refractivity contribution in [1.82, 2.24) is 10.4 Å². The van der Waals surface area contributed by atoms with E-state index in [1.165, 1.54) is 42.5 Å². The van der Waals surface area contributed by atoms with Gasteiger partial charge < -0.3 is 4.74 Å². The number of rotatable bonds is 9. The minimum Gasteiger partial charge on any atom is -0.454 e. The van der Waals surface area contributed by atoms with E-state index in [9.17, 15) is 29.3 Å². The van der Waals surface area contributed by atoms with E-state index in [1.54, 1.807) is 0 Å². The van der Waals surface area contributed by atoms with E-state index in [-0.39, 0.29) is 36.4 Å². The zero-order valence-electron chi connectivity index (χ0n) is 17.6. The van der Waals surface area contributed by atoms with E-state index in [0.29, 0.717) is 5.02 Å². The Balaban J connectivity index is 1.65. The highest BCUT2D eigenvalue weighted by Gasteiger charge is 2.38. The minimum atomic E-state index is -1.16. The number of nitro groups is 1. The molecule has 0 bridgehead atoms. The van der Waals surface area contributed by atoms with Gasteiger partial charge in [-0.15, -0.1) is 11.6 Å². The van der Waals surface area contributed by atoms with Crippen molar-refractivity contribution >= 4 is 52.5 Å². The zero-order chi connectivity index (χ0) is 24.8. The lowest BCUT2D eigenvalue weighted by molar-refractivity contribution is -0.385. The summed E-state index contributed by atoms with van der Waals surface area (Å²) in [5.74, 6) is -3.60. The number of Topliss-reactive ketones (excluding diaryl/α,β-unsaturated/α-hetero) is 1. The first-order valence-electron chi connectivity index (χ1n) is 10.1. The number of ketones is 1. The van der Waals surface area contributed by atoms with Gasteiger partial charge in [0.25, 0.3) is 11.6 Å². The van der Waals surface area contributed by atoms with Crippen LogP contribution in [0.4, 0.5) is 5.69 Å². The Morgan fingerprint density at radius 2 is 1.85 bits per heavy atom. The molecular formula is C22H19Cl2N3O7. The summed E-state index contributed by atoms with van der Waals surface area (Å²) in [6, 6.07) is 11.3. The van der Waals surface area contributed by atoms with E-state index < -0.39 is 46.2 Å². The van der Waals surface area contributed by atoms with Crippen molar-refractivity contribution in [1.29, 1.82) is 0 Å². The van der Waals surface area contributed by atoms with Gasteiger partial charge >= 0.3 is 5.97 Å². The average molecular weight is 508 g/mol. The van der Waals surface area contributed by atoms with Crippen molar-refractivity contribution in [3.8, 4) is 0 Å². The maximum absolute atomic E-state index is 12.7. The van der Waals surface area contributed by atoms with Crippen LogP contribution in [0.1, 0.15) is 33.6 Å². The Hall–Kier alpha value is -3.50. The number of benzene rings is 2. The first-order valence-corrected chi connectivity index (χ1v) is 11.0. The number of nitrogens with one attached hydrogen (secondary N) is 1. The van der Waals surface area contributed by atoms with E-state index in [4.69, 9.17) is 27.9 Å². The largest absolute Gasteiger partial charge is 0.454 e. The molecular weight excluding hydrogens is 489 g/mol. The summed E-state index contributed by atoms with van der Waals surface area (Å²) in [5.41, 5.74) is 1.92. The first-order chi connectivity index (χ1) is 16.2. The monoisotopic (exact) mass is 507 g/mol. The van der Waals surface area contributed by atoms with E-state index in [0.717, 1.165) is 11.1 Å². The SMILES string of the molecule is O=C(NN1C[C@H](C(=O)O[C@@H](CCCl)C(=O)c2ccc(Cl)cc2)CC1=O)c1ccccc1[N+](=O)[O-]. The topological polar surface area (TPSA) is 136 Å². The normalized spacial score (nSPS) is 16.1. The van der Waals surface area contributed by atoms with Gasteiger partial charge in [-0.25, -0.2) is 0 Å². The smallest absolute Gasteiger partial charge is 0.312 e. The van der Waals surface area contributed by atoms with Crippen molar-refractivity contribution in [3.05, 3.63) is 74.8 Å². The van der Waals surface area contributed by atoms with Crippen LogP contribution < -0.4 is 5.43 Å². The molecule has 2 amide bonds. The summed E-state index contributed by atoms with van der Waals surface area (Å²) in [5, 5.41) is 12.5. The first kappa shape index (κ1) is 25.1. The molecule has 0 unspecified atom stereocenters. The number of halogens is 2. The Labute approximate surface area is 203 Å². The summed E-state index contributed by atoms with van der Waals surface area (Å²) < 4.78 is 5.37. The number of esters is 1. The van der Waals surface area contributed by atoms with E-state index >= 15 is 0 Å². The van der Waals surface area contributed by atoms with Gasteiger partial charge in [0.2, 0.25) is 11.7 Å². The molecule has 10 nitrogen and oxygen atoms in total. The third-order valence-electron chi connectivity index (χ3n) is 5.09. The number of alkyl halides is 1. The fraction of sp³-hybridized carbons (Fsp3) is 0.273. The second-order valence-corrected chi connectivity index (χ2v) is 8.21. The number of hydrazine groups is 1. The number of hydrogen-bond donors (Lipinski definition) is 1. The lowest BCUT2D eigenvalue weighted by Crippen LogP contribution is -2.43. The summed E-state index contributed by atoms with van der Waals surface area (Å²) in [6.45, 7) is -0.216. The number of nitro benzene ring substituents is 1. The number of hydrogen-bond acceptors (Lipinski definition) is 7. The molecule has 1 aliphatic heterocycles. The molecule has 0 saturated carbocycles. The molecule has 1 fully saturated rings. The third-order valence-corrected chi connectivity index (χ3v) is 5.56. The molecule has 2 atom stereocenters. The molecule has 34 heavy (non-hydrogen) atoms. The Morgan fingerprint density at radius 3 is 2.50 bits per heavy atom.